The second-order valence-electron chi connectivity index (χ2n) is 2.89. The second kappa shape index (κ2) is 5.97. The van der Waals surface area contributed by atoms with Crippen molar-refractivity contribution in [1.29, 1.82) is 0 Å². The predicted molar refractivity (Wildman–Crippen MR) is 47.9 cm³/mol. The molecule has 2 N–H and O–H groups in total. The van der Waals surface area contributed by atoms with Gasteiger partial charge in [0.05, 0.1) is 12.6 Å². The Bertz CT molecular complexity index is 137. The van der Waals surface area contributed by atoms with E-state index in [0.29, 0.717) is 13.1 Å². The first-order valence-electron chi connectivity index (χ1n) is 4.20. The highest BCUT2D eigenvalue weighted by atomic mass is 16.3. The Balaban J connectivity index is 3.44. The number of carbonyl (C=O) groups excluding carboxylic acids is 1. The fourth-order valence-corrected chi connectivity index (χ4v) is 0.699. The normalized spacial score (nSPS) is 12.7. The second-order valence-corrected chi connectivity index (χ2v) is 2.89. The summed E-state index contributed by atoms with van der Waals surface area (Å²) in [6, 6.07) is 0. The molecule has 0 spiro atoms. The van der Waals surface area contributed by atoms with Crippen molar-refractivity contribution in [3.05, 3.63) is 0 Å². The van der Waals surface area contributed by atoms with Crippen molar-refractivity contribution in [3.63, 3.8) is 0 Å². The van der Waals surface area contributed by atoms with Gasteiger partial charge in [0.15, 0.2) is 0 Å². The maximum atomic E-state index is 11.1. The Morgan fingerprint density at radius 1 is 1.67 bits per heavy atom. The predicted octanol–water partition coefficient (Wildman–Crippen LogP) is -0.565. The van der Waals surface area contributed by atoms with Crippen LogP contribution in [-0.2, 0) is 4.79 Å². The number of likely N-dealkylation sites (N-methyl/N-ethyl adjacent to an activating group) is 1. The van der Waals surface area contributed by atoms with Gasteiger partial charge >= 0.3 is 0 Å². The van der Waals surface area contributed by atoms with Crippen molar-refractivity contribution in [2.75, 3.05) is 26.7 Å². The molecule has 0 aliphatic carbocycles. The summed E-state index contributed by atoms with van der Waals surface area (Å²) in [6.07, 6.45) is -0.398. The summed E-state index contributed by atoms with van der Waals surface area (Å²) in [7, 11) is 1.76. The van der Waals surface area contributed by atoms with Gasteiger partial charge in [-0.3, -0.25) is 4.79 Å². The number of aliphatic hydroxyl groups is 1. The number of nitrogens with one attached hydrogen (secondary N) is 1. The van der Waals surface area contributed by atoms with Crippen LogP contribution >= 0.6 is 0 Å². The third-order valence-electron chi connectivity index (χ3n) is 1.62. The molecule has 72 valence electrons. The van der Waals surface area contributed by atoms with Crippen LogP contribution in [0.4, 0.5) is 0 Å². The number of nitrogens with zero attached hydrogens (tertiary/aromatic N) is 1. The van der Waals surface area contributed by atoms with Crippen molar-refractivity contribution in [1.82, 2.24) is 10.2 Å². The lowest BCUT2D eigenvalue weighted by atomic mass is 10.4. The minimum Gasteiger partial charge on any atom is -0.392 e. The van der Waals surface area contributed by atoms with E-state index in [4.69, 9.17) is 5.11 Å². The van der Waals surface area contributed by atoms with Crippen LogP contribution in [0.25, 0.3) is 0 Å². The first-order chi connectivity index (χ1) is 5.57. The molecule has 0 radical (unpaired) electrons. The topological polar surface area (TPSA) is 52.6 Å². The zero-order valence-corrected chi connectivity index (χ0v) is 8.00. The minimum atomic E-state index is -0.398. The largest absolute Gasteiger partial charge is 0.392 e. The summed E-state index contributed by atoms with van der Waals surface area (Å²) in [4.78, 5) is 12.8. The molecule has 0 bridgehead atoms. The standard InChI is InChI=1S/C8H18N2O2/c1-4-10(3)8(12)6-9-5-7(2)11/h7,9,11H,4-6H2,1-3H3/t7-/m0/s1. The van der Waals surface area contributed by atoms with E-state index in [2.05, 4.69) is 5.32 Å². The van der Waals surface area contributed by atoms with Crippen molar-refractivity contribution in [2.24, 2.45) is 0 Å². The molecule has 0 rings (SSSR count). The summed E-state index contributed by atoms with van der Waals surface area (Å²) >= 11 is 0. The average molecular weight is 174 g/mol. The maximum Gasteiger partial charge on any atom is 0.236 e. The molecule has 0 saturated heterocycles. The molecule has 12 heavy (non-hydrogen) atoms. The van der Waals surface area contributed by atoms with Crippen LogP contribution in [0.2, 0.25) is 0 Å². The zero-order valence-electron chi connectivity index (χ0n) is 8.00. The van der Waals surface area contributed by atoms with Crippen LogP contribution < -0.4 is 5.32 Å². The third kappa shape index (κ3) is 5.09. The van der Waals surface area contributed by atoms with Gasteiger partial charge in [0.1, 0.15) is 0 Å². The van der Waals surface area contributed by atoms with Crippen molar-refractivity contribution < 1.29 is 9.90 Å². The number of rotatable bonds is 5. The van der Waals surface area contributed by atoms with Gasteiger partial charge in [-0.15, -0.1) is 0 Å². The van der Waals surface area contributed by atoms with E-state index in [9.17, 15) is 4.79 Å². The summed E-state index contributed by atoms with van der Waals surface area (Å²) < 4.78 is 0. The minimum absolute atomic E-state index is 0.0538. The zero-order chi connectivity index (χ0) is 9.56. The lowest BCUT2D eigenvalue weighted by Crippen LogP contribution is -2.37. The third-order valence-corrected chi connectivity index (χ3v) is 1.62. The first-order valence-corrected chi connectivity index (χ1v) is 4.20. The molecule has 0 aliphatic rings. The molecular formula is C8H18N2O2. The number of amides is 1. The van der Waals surface area contributed by atoms with Crippen LogP contribution in [0.5, 0.6) is 0 Å². The molecule has 0 unspecified atom stereocenters. The molecule has 4 heteroatoms. The Hall–Kier alpha value is -0.610. The molecule has 0 fully saturated rings. The molecule has 1 atom stereocenters. The number of hydrogen-bond acceptors (Lipinski definition) is 3. The van der Waals surface area contributed by atoms with E-state index in [1.165, 1.54) is 0 Å². The first kappa shape index (κ1) is 11.4. The smallest absolute Gasteiger partial charge is 0.236 e. The highest BCUT2D eigenvalue weighted by molar-refractivity contribution is 5.77. The molecule has 0 aromatic carbocycles. The molecule has 1 amide bonds. The molecular weight excluding hydrogens is 156 g/mol. The van der Waals surface area contributed by atoms with E-state index in [0.717, 1.165) is 6.54 Å². The van der Waals surface area contributed by atoms with E-state index < -0.39 is 6.10 Å². The monoisotopic (exact) mass is 174 g/mol. The Morgan fingerprint density at radius 2 is 2.25 bits per heavy atom. The molecule has 0 saturated carbocycles. The fourth-order valence-electron chi connectivity index (χ4n) is 0.699. The summed E-state index contributed by atoms with van der Waals surface area (Å²) in [6.45, 7) is 5.08. The summed E-state index contributed by atoms with van der Waals surface area (Å²) in [5.74, 6) is 0.0538. The van der Waals surface area contributed by atoms with E-state index in [-0.39, 0.29) is 5.91 Å². The van der Waals surface area contributed by atoms with Gasteiger partial charge in [0, 0.05) is 20.1 Å². The molecule has 0 aromatic heterocycles. The number of hydrogen-bond donors (Lipinski definition) is 2. The Kier molecular flexibility index (Phi) is 5.66. The van der Waals surface area contributed by atoms with E-state index >= 15 is 0 Å². The molecule has 0 aliphatic heterocycles. The summed E-state index contributed by atoms with van der Waals surface area (Å²) in [5, 5.41) is 11.7. The van der Waals surface area contributed by atoms with Crippen LogP contribution in [0.3, 0.4) is 0 Å². The highest BCUT2D eigenvalue weighted by Gasteiger charge is 2.05. The van der Waals surface area contributed by atoms with Gasteiger partial charge in [0.2, 0.25) is 5.91 Å². The van der Waals surface area contributed by atoms with Crippen LogP contribution in [0.15, 0.2) is 0 Å². The van der Waals surface area contributed by atoms with Gasteiger partial charge in [-0.05, 0) is 13.8 Å². The lowest BCUT2D eigenvalue weighted by Gasteiger charge is -2.15. The van der Waals surface area contributed by atoms with Crippen LogP contribution in [-0.4, -0.2) is 48.7 Å². The van der Waals surface area contributed by atoms with Crippen LogP contribution in [0, 0.1) is 0 Å². The van der Waals surface area contributed by atoms with Crippen molar-refractivity contribution in [3.8, 4) is 0 Å². The van der Waals surface area contributed by atoms with Crippen LogP contribution in [0.1, 0.15) is 13.8 Å². The van der Waals surface area contributed by atoms with Gasteiger partial charge in [-0.1, -0.05) is 0 Å². The van der Waals surface area contributed by atoms with Gasteiger partial charge in [-0.25, -0.2) is 0 Å². The van der Waals surface area contributed by atoms with E-state index in [1.54, 1.807) is 18.9 Å². The molecule has 0 heterocycles. The molecule has 0 aromatic rings. The fraction of sp³-hybridized carbons (Fsp3) is 0.875. The number of aliphatic hydroxyl groups excluding tert-OH is 1. The van der Waals surface area contributed by atoms with Crippen molar-refractivity contribution in [2.45, 2.75) is 20.0 Å². The van der Waals surface area contributed by atoms with Gasteiger partial charge in [-0.2, -0.15) is 0 Å². The average Bonchev–Trinajstić information content (AvgIpc) is 2.02. The van der Waals surface area contributed by atoms with Crippen molar-refractivity contribution >= 4 is 5.91 Å². The van der Waals surface area contributed by atoms with Gasteiger partial charge in [0.25, 0.3) is 0 Å². The highest BCUT2D eigenvalue weighted by Crippen LogP contribution is 1.82. The Morgan fingerprint density at radius 3 is 2.67 bits per heavy atom. The number of carbonyl (C=O) groups is 1. The SMILES string of the molecule is CCN(C)C(=O)CNC[C@H](C)O. The maximum absolute atomic E-state index is 11.1. The van der Waals surface area contributed by atoms with E-state index in [1.807, 2.05) is 6.92 Å². The lowest BCUT2D eigenvalue weighted by molar-refractivity contribution is -0.128. The molecule has 4 nitrogen and oxygen atoms in total. The van der Waals surface area contributed by atoms with Gasteiger partial charge < -0.3 is 15.3 Å². The Labute approximate surface area is 73.6 Å². The summed E-state index contributed by atoms with van der Waals surface area (Å²) in [5.41, 5.74) is 0. The quantitative estimate of drug-likeness (QED) is 0.587.